The van der Waals surface area contributed by atoms with Gasteiger partial charge in [-0.05, 0) is 42.5 Å². The van der Waals surface area contributed by atoms with E-state index in [1.807, 2.05) is 0 Å². The number of hydrogen-bond acceptors (Lipinski definition) is 6. The number of hydrogen-bond donors (Lipinski definition) is 2. The first-order valence-corrected chi connectivity index (χ1v) is 9.49. The quantitative estimate of drug-likeness (QED) is 0.573. The van der Waals surface area contributed by atoms with Crippen LogP contribution in [0.5, 0.6) is 0 Å². The Bertz CT molecular complexity index is 1050. The number of benzene rings is 2. The molecule has 0 spiro atoms. The van der Waals surface area contributed by atoms with Crippen molar-refractivity contribution in [1.82, 2.24) is 9.97 Å². The van der Waals surface area contributed by atoms with Crippen LogP contribution in [0.15, 0.2) is 59.6 Å². The van der Waals surface area contributed by atoms with Crippen molar-refractivity contribution in [1.29, 1.82) is 0 Å². The molecule has 0 bridgehead atoms. The lowest BCUT2D eigenvalue weighted by Crippen LogP contribution is -2.01. The Kier molecular flexibility index (Phi) is 6.53. The molecule has 0 unspecified atom stereocenters. The summed E-state index contributed by atoms with van der Waals surface area (Å²) in [7, 11) is 1.46. The molecule has 2 aromatic carbocycles. The first-order valence-electron chi connectivity index (χ1n) is 7.18. The first kappa shape index (κ1) is 20.8. The summed E-state index contributed by atoms with van der Waals surface area (Å²) < 4.78 is 48.7. The number of nitrogens with one attached hydrogen (secondary N) is 2. The second-order valence-corrected chi connectivity index (χ2v) is 7.67. The molecule has 0 aliphatic heterocycles. The fraction of sp³-hybridized carbons (Fsp3) is 0. The number of halogens is 4. The molecule has 1 aromatic heterocycles. The van der Waals surface area contributed by atoms with Crippen molar-refractivity contribution in [3.05, 3.63) is 66.4 Å². The summed E-state index contributed by atoms with van der Waals surface area (Å²) in [5.74, 6) is -1.34. The Hall–Kier alpha value is -2.49. The van der Waals surface area contributed by atoms with Crippen LogP contribution in [-0.4, -0.2) is 18.4 Å². The van der Waals surface area contributed by atoms with Gasteiger partial charge in [0.25, 0.3) is 9.05 Å². The van der Waals surface area contributed by atoms with Crippen LogP contribution in [0.1, 0.15) is 0 Å². The largest absolute Gasteiger partial charge is 0.340 e. The van der Waals surface area contributed by atoms with Gasteiger partial charge >= 0.3 is 0 Å². The van der Waals surface area contributed by atoms with Crippen molar-refractivity contribution in [2.75, 3.05) is 10.6 Å². The van der Waals surface area contributed by atoms with Crippen molar-refractivity contribution in [2.24, 2.45) is 0 Å². The average molecular weight is 433 g/mol. The predicted molar refractivity (Wildman–Crippen MR) is 102 cm³/mol. The van der Waals surface area contributed by atoms with Gasteiger partial charge in [0, 0.05) is 34.3 Å². The van der Waals surface area contributed by atoms with E-state index < -0.39 is 20.7 Å². The van der Waals surface area contributed by atoms with E-state index in [0.29, 0.717) is 17.2 Å². The smallest absolute Gasteiger partial charge is 0.261 e. The average Bonchev–Trinajstić information content (AvgIpc) is 2.58. The van der Waals surface area contributed by atoms with Gasteiger partial charge in [-0.15, -0.1) is 12.4 Å². The van der Waals surface area contributed by atoms with Gasteiger partial charge in [0.1, 0.15) is 5.82 Å². The highest BCUT2D eigenvalue weighted by Crippen LogP contribution is 2.21. The summed E-state index contributed by atoms with van der Waals surface area (Å²) in [6, 6.07) is 10.6. The van der Waals surface area contributed by atoms with Crippen LogP contribution in [0.25, 0.3) is 0 Å². The second kappa shape index (κ2) is 8.47. The van der Waals surface area contributed by atoms with Gasteiger partial charge in [0.05, 0.1) is 4.90 Å². The van der Waals surface area contributed by atoms with Gasteiger partial charge < -0.3 is 10.6 Å². The topological polar surface area (TPSA) is 84.0 Å². The van der Waals surface area contributed by atoms with E-state index in [1.165, 1.54) is 36.5 Å². The molecule has 0 aliphatic rings. The molecule has 0 amide bonds. The molecule has 0 fully saturated rings. The minimum Gasteiger partial charge on any atom is -0.340 e. The summed E-state index contributed by atoms with van der Waals surface area (Å²) in [5.41, 5.74) is 0.865. The molecular formula is C16H12Cl2F2N4O2S. The molecule has 0 aliphatic carbocycles. The van der Waals surface area contributed by atoms with E-state index in [-0.39, 0.29) is 23.3 Å². The fourth-order valence-corrected chi connectivity index (χ4v) is 2.81. The minimum absolute atomic E-state index is 0. The van der Waals surface area contributed by atoms with Gasteiger partial charge in [0.2, 0.25) is 5.95 Å². The molecule has 0 atom stereocenters. The highest BCUT2D eigenvalue weighted by molar-refractivity contribution is 8.13. The van der Waals surface area contributed by atoms with Crippen molar-refractivity contribution in [3.63, 3.8) is 0 Å². The SMILES string of the molecule is Cl.O=S(=O)(Cl)c1ccc(Nc2nccc(Nc3ccc(F)c(F)c3)n2)cc1. The summed E-state index contributed by atoms with van der Waals surface area (Å²) in [4.78, 5) is 8.20. The van der Waals surface area contributed by atoms with E-state index in [4.69, 9.17) is 10.7 Å². The second-order valence-electron chi connectivity index (χ2n) is 5.11. The molecule has 1 heterocycles. The van der Waals surface area contributed by atoms with Crippen LogP contribution in [-0.2, 0) is 9.05 Å². The molecular weight excluding hydrogens is 421 g/mol. The van der Waals surface area contributed by atoms with Crippen molar-refractivity contribution in [3.8, 4) is 0 Å². The third-order valence-electron chi connectivity index (χ3n) is 3.24. The lowest BCUT2D eigenvalue weighted by Gasteiger charge is -2.09. The molecule has 0 radical (unpaired) electrons. The molecule has 6 nitrogen and oxygen atoms in total. The zero-order valence-electron chi connectivity index (χ0n) is 13.4. The van der Waals surface area contributed by atoms with E-state index in [2.05, 4.69) is 20.6 Å². The van der Waals surface area contributed by atoms with Crippen molar-refractivity contribution >= 4 is 55.3 Å². The first-order chi connectivity index (χ1) is 12.3. The van der Waals surface area contributed by atoms with E-state index >= 15 is 0 Å². The molecule has 0 saturated heterocycles. The van der Waals surface area contributed by atoms with Crippen LogP contribution in [0.4, 0.5) is 31.9 Å². The van der Waals surface area contributed by atoms with Crippen LogP contribution in [0.2, 0.25) is 0 Å². The summed E-state index contributed by atoms with van der Waals surface area (Å²) in [5, 5.41) is 5.73. The minimum atomic E-state index is -3.79. The van der Waals surface area contributed by atoms with Gasteiger partial charge in [-0.25, -0.2) is 22.2 Å². The van der Waals surface area contributed by atoms with Gasteiger partial charge in [-0.2, -0.15) is 4.98 Å². The zero-order chi connectivity index (χ0) is 18.7. The van der Waals surface area contributed by atoms with Crippen LogP contribution < -0.4 is 10.6 Å². The molecule has 11 heteroatoms. The van der Waals surface area contributed by atoms with Gasteiger partial charge in [-0.3, -0.25) is 0 Å². The van der Waals surface area contributed by atoms with E-state index in [9.17, 15) is 17.2 Å². The van der Waals surface area contributed by atoms with Crippen LogP contribution >= 0.6 is 23.1 Å². The van der Waals surface area contributed by atoms with E-state index in [0.717, 1.165) is 12.1 Å². The van der Waals surface area contributed by atoms with Crippen molar-refractivity contribution < 1.29 is 17.2 Å². The number of nitrogens with zero attached hydrogens (tertiary/aromatic N) is 2. The van der Waals surface area contributed by atoms with E-state index in [1.54, 1.807) is 6.07 Å². The Morgan fingerprint density at radius 3 is 2.19 bits per heavy atom. The van der Waals surface area contributed by atoms with Crippen molar-refractivity contribution in [2.45, 2.75) is 4.90 Å². The number of anilines is 4. The fourth-order valence-electron chi connectivity index (χ4n) is 2.04. The summed E-state index contributed by atoms with van der Waals surface area (Å²) in [6.45, 7) is 0. The summed E-state index contributed by atoms with van der Waals surface area (Å²) >= 11 is 0. The number of rotatable bonds is 5. The monoisotopic (exact) mass is 432 g/mol. The standard InChI is InChI=1S/C16H11ClF2N4O2S.ClH/c17-26(24,25)12-4-1-10(2-5-12)22-16-20-8-7-15(23-16)21-11-3-6-13(18)14(19)9-11;/h1-9H,(H2,20,21,22,23);1H. The predicted octanol–water partition coefficient (Wildman–Crippen LogP) is 4.59. The van der Waals surface area contributed by atoms with Crippen LogP contribution in [0.3, 0.4) is 0 Å². The Morgan fingerprint density at radius 1 is 0.889 bits per heavy atom. The Balaban J connectivity index is 0.00000261. The zero-order valence-corrected chi connectivity index (χ0v) is 15.7. The summed E-state index contributed by atoms with van der Waals surface area (Å²) in [6.07, 6.45) is 1.47. The highest BCUT2D eigenvalue weighted by atomic mass is 35.7. The molecule has 2 N–H and O–H groups in total. The van der Waals surface area contributed by atoms with Gasteiger partial charge in [-0.1, -0.05) is 0 Å². The molecule has 3 aromatic rings. The normalized spacial score (nSPS) is 10.8. The maximum absolute atomic E-state index is 13.3. The maximum atomic E-state index is 13.3. The third kappa shape index (κ3) is 5.49. The molecule has 3 rings (SSSR count). The van der Waals surface area contributed by atoms with Crippen LogP contribution in [0, 0.1) is 11.6 Å². The Labute approximate surface area is 164 Å². The highest BCUT2D eigenvalue weighted by Gasteiger charge is 2.09. The third-order valence-corrected chi connectivity index (χ3v) is 4.61. The lowest BCUT2D eigenvalue weighted by atomic mass is 10.3. The maximum Gasteiger partial charge on any atom is 0.261 e. The Morgan fingerprint density at radius 2 is 1.56 bits per heavy atom. The number of aromatic nitrogens is 2. The van der Waals surface area contributed by atoms with Gasteiger partial charge in [0.15, 0.2) is 11.6 Å². The molecule has 27 heavy (non-hydrogen) atoms. The molecule has 142 valence electrons. The lowest BCUT2D eigenvalue weighted by molar-refractivity contribution is 0.509. The molecule has 0 saturated carbocycles.